The molecule has 5 nitrogen and oxygen atoms in total. The van der Waals surface area contributed by atoms with Crippen LogP contribution in [0.25, 0.3) is 10.9 Å². The van der Waals surface area contributed by atoms with Gasteiger partial charge in [0, 0.05) is 5.56 Å². The van der Waals surface area contributed by atoms with Gasteiger partial charge in [-0.05, 0) is 36.6 Å². The number of aromatic amines is 1. The van der Waals surface area contributed by atoms with Crippen LogP contribution >= 0.6 is 0 Å². The molecule has 0 aliphatic heterocycles. The van der Waals surface area contributed by atoms with Gasteiger partial charge in [-0.15, -0.1) is 11.0 Å². The Morgan fingerprint density at radius 3 is 2.59 bits per heavy atom. The van der Waals surface area contributed by atoms with E-state index in [-0.39, 0.29) is 24.4 Å². The van der Waals surface area contributed by atoms with E-state index in [9.17, 15) is 9.18 Å². The Morgan fingerprint density at radius 1 is 1.24 bits per heavy atom. The molecular weight excluding hydrogens is 371 g/mol. The third-order valence-corrected chi connectivity index (χ3v) is 4.73. The molecule has 0 amide bonds. The fourth-order valence-corrected chi connectivity index (χ4v) is 3.38. The second-order valence-electron chi connectivity index (χ2n) is 7.18. The summed E-state index contributed by atoms with van der Waals surface area (Å²) >= 11 is 0. The van der Waals surface area contributed by atoms with Crippen LogP contribution in [0.1, 0.15) is 50.3 Å². The second kappa shape index (κ2) is 8.78. The lowest BCUT2D eigenvalue weighted by molar-refractivity contribution is -0.137. The Labute approximate surface area is 168 Å². The minimum Gasteiger partial charge on any atom is -0.485 e. The molecule has 2 unspecified atom stereocenters. The molecule has 2 N–H and O–H groups in total. The SMILES string of the molecule is CC#CC(CC(=O)O)c1ccc(OC(c2cccc3[nH]nc(F)c23)C(C)C)cc1. The van der Waals surface area contributed by atoms with Gasteiger partial charge in [0.25, 0.3) is 0 Å². The van der Waals surface area contributed by atoms with E-state index in [1.165, 1.54) is 0 Å². The summed E-state index contributed by atoms with van der Waals surface area (Å²) in [5.74, 6) is 4.61. The number of halogens is 1. The number of rotatable bonds is 7. The number of ether oxygens (including phenoxy) is 1. The molecule has 0 aliphatic rings. The largest absolute Gasteiger partial charge is 0.485 e. The molecule has 3 aromatic rings. The molecule has 1 heterocycles. The summed E-state index contributed by atoms with van der Waals surface area (Å²) < 4.78 is 20.4. The second-order valence-corrected chi connectivity index (χ2v) is 7.18. The molecule has 150 valence electrons. The smallest absolute Gasteiger partial charge is 0.304 e. The Kier molecular flexibility index (Phi) is 6.18. The first-order chi connectivity index (χ1) is 13.9. The van der Waals surface area contributed by atoms with E-state index in [1.807, 2.05) is 38.1 Å². The fourth-order valence-electron chi connectivity index (χ4n) is 3.38. The van der Waals surface area contributed by atoms with E-state index >= 15 is 0 Å². The molecule has 0 saturated carbocycles. The number of aliphatic carboxylic acids is 1. The van der Waals surface area contributed by atoms with Crippen LogP contribution in [0.3, 0.4) is 0 Å². The van der Waals surface area contributed by atoms with Gasteiger partial charge in [-0.3, -0.25) is 9.89 Å². The number of nitrogens with zero attached hydrogens (tertiary/aromatic N) is 1. The minimum atomic E-state index is -0.895. The first-order valence-electron chi connectivity index (χ1n) is 9.43. The van der Waals surface area contributed by atoms with Gasteiger partial charge in [-0.1, -0.05) is 44.0 Å². The van der Waals surface area contributed by atoms with E-state index < -0.39 is 11.9 Å². The molecule has 29 heavy (non-hydrogen) atoms. The zero-order chi connectivity index (χ0) is 21.0. The number of carbonyl (C=O) groups is 1. The number of fused-ring (bicyclic) bond motifs is 1. The summed E-state index contributed by atoms with van der Waals surface area (Å²) in [5, 5.41) is 15.9. The van der Waals surface area contributed by atoms with Crippen LogP contribution in [0.15, 0.2) is 42.5 Å². The lowest BCUT2D eigenvalue weighted by Gasteiger charge is -2.24. The molecule has 0 bridgehead atoms. The molecule has 2 aromatic carbocycles. The topological polar surface area (TPSA) is 75.2 Å². The number of H-pyrrole nitrogens is 1. The standard InChI is InChI=1S/C23H23FN2O3/c1-4-6-16(13-20(27)28)15-9-11-17(12-10-15)29-22(14(2)3)18-7-5-8-19-21(18)23(24)26-25-19/h5,7-12,14,16,22H,13H2,1-3H3,(H,25,26)(H,27,28). The molecule has 0 radical (unpaired) electrons. The number of benzene rings is 2. The minimum absolute atomic E-state index is 0.0581. The number of nitrogens with one attached hydrogen (secondary N) is 1. The average Bonchev–Trinajstić information content (AvgIpc) is 3.07. The summed E-state index contributed by atoms with van der Waals surface area (Å²) in [7, 11) is 0. The Hall–Kier alpha value is -3.33. The van der Waals surface area contributed by atoms with Crippen molar-refractivity contribution in [3.8, 4) is 17.6 Å². The fraction of sp³-hybridized carbons (Fsp3) is 0.304. The van der Waals surface area contributed by atoms with Crippen molar-refractivity contribution in [3.05, 3.63) is 59.5 Å². The van der Waals surface area contributed by atoms with Crippen LogP contribution in [-0.2, 0) is 4.79 Å². The first kappa shape index (κ1) is 20.4. The normalized spacial score (nSPS) is 13.0. The van der Waals surface area contributed by atoms with E-state index in [2.05, 4.69) is 22.0 Å². The van der Waals surface area contributed by atoms with Crippen molar-refractivity contribution in [2.24, 2.45) is 5.92 Å². The summed E-state index contributed by atoms with van der Waals surface area (Å²) in [6.07, 6.45) is -0.431. The Balaban J connectivity index is 1.89. The third kappa shape index (κ3) is 4.57. The maximum atomic E-state index is 14.2. The van der Waals surface area contributed by atoms with E-state index in [0.29, 0.717) is 16.7 Å². The van der Waals surface area contributed by atoms with Crippen LogP contribution in [0.4, 0.5) is 4.39 Å². The van der Waals surface area contributed by atoms with Crippen LogP contribution in [0, 0.1) is 23.7 Å². The molecular formula is C23H23FN2O3. The molecule has 0 aliphatic carbocycles. The van der Waals surface area contributed by atoms with E-state index in [0.717, 1.165) is 11.1 Å². The van der Waals surface area contributed by atoms with Gasteiger partial charge in [-0.25, -0.2) is 0 Å². The van der Waals surface area contributed by atoms with Gasteiger partial charge in [0.1, 0.15) is 11.9 Å². The lowest BCUT2D eigenvalue weighted by Crippen LogP contribution is -2.15. The number of carboxylic acid groups (broad SMARTS) is 1. The van der Waals surface area contributed by atoms with Crippen LogP contribution < -0.4 is 4.74 Å². The van der Waals surface area contributed by atoms with Gasteiger partial charge in [0.2, 0.25) is 5.95 Å². The summed E-state index contributed by atoms with van der Waals surface area (Å²) in [4.78, 5) is 11.1. The van der Waals surface area contributed by atoms with Crippen molar-refractivity contribution in [2.75, 3.05) is 0 Å². The first-order valence-corrected chi connectivity index (χ1v) is 9.43. The molecule has 0 saturated heterocycles. The van der Waals surface area contributed by atoms with Gasteiger partial charge in [0.15, 0.2) is 0 Å². The van der Waals surface area contributed by atoms with Crippen molar-refractivity contribution in [1.29, 1.82) is 0 Å². The lowest BCUT2D eigenvalue weighted by atomic mass is 9.95. The highest BCUT2D eigenvalue weighted by molar-refractivity contribution is 5.82. The number of carboxylic acids is 1. The summed E-state index contributed by atoms with van der Waals surface area (Å²) in [5.41, 5.74) is 2.17. The highest BCUT2D eigenvalue weighted by Crippen LogP contribution is 2.34. The van der Waals surface area contributed by atoms with E-state index in [1.54, 1.807) is 25.1 Å². The van der Waals surface area contributed by atoms with Crippen molar-refractivity contribution in [1.82, 2.24) is 10.2 Å². The van der Waals surface area contributed by atoms with Crippen LogP contribution in [0.2, 0.25) is 0 Å². The Morgan fingerprint density at radius 2 is 1.97 bits per heavy atom. The van der Waals surface area contributed by atoms with Gasteiger partial charge >= 0.3 is 5.97 Å². The highest BCUT2D eigenvalue weighted by atomic mass is 19.1. The zero-order valence-electron chi connectivity index (χ0n) is 16.6. The zero-order valence-corrected chi connectivity index (χ0v) is 16.6. The predicted molar refractivity (Wildman–Crippen MR) is 109 cm³/mol. The van der Waals surface area contributed by atoms with Gasteiger partial charge < -0.3 is 9.84 Å². The quantitative estimate of drug-likeness (QED) is 0.549. The third-order valence-electron chi connectivity index (χ3n) is 4.73. The molecule has 0 fully saturated rings. The van der Waals surface area contributed by atoms with Crippen LogP contribution in [-0.4, -0.2) is 21.3 Å². The molecule has 3 rings (SSSR count). The van der Waals surface area contributed by atoms with E-state index in [4.69, 9.17) is 9.84 Å². The van der Waals surface area contributed by atoms with Gasteiger partial charge in [0.05, 0.1) is 23.2 Å². The van der Waals surface area contributed by atoms with Crippen LogP contribution in [0.5, 0.6) is 5.75 Å². The van der Waals surface area contributed by atoms with Crippen molar-refractivity contribution in [3.63, 3.8) is 0 Å². The highest BCUT2D eigenvalue weighted by Gasteiger charge is 2.23. The van der Waals surface area contributed by atoms with Crippen molar-refractivity contribution in [2.45, 2.75) is 39.2 Å². The molecule has 6 heteroatoms. The molecule has 1 aromatic heterocycles. The van der Waals surface area contributed by atoms with Crippen molar-refractivity contribution >= 4 is 16.9 Å². The number of aromatic nitrogens is 2. The number of hydrogen-bond donors (Lipinski definition) is 2. The molecule has 2 atom stereocenters. The summed E-state index contributed by atoms with van der Waals surface area (Å²) in [6.45, 7) is 5.71. The maximum Gasteiger partial charge on any atom is 0.304 e. The summed E-state index contributed by atoms with van der Waals surface area (Å²) in [6, 6.07) is 12.7. The monoisotopic (exact) mass is 394 g/mol. The predicted octanol–water partition coefficient (Wildman–Crippen LogP) is 5.06. The van der Waals surface area contributed by atoms with Crippen molar-refractivity contribution < 1.29 is 19.0 Å². The Bertz CT molecular complexity index is 1060. The van der Waals surface area contributed by atoms with Gasteiger partial charge in [-0.2, -0.15) is 4.39 Å². The maximum absolute atomic E-state index is 14.2. The molecule has 0 spiro atoms. The average molecular weight is 394 g/mol. The number of hydrogen-bond acceptors (Lipinski definition) is 3.